The number of hydrogen-bond donors (Lipinski definition) is 0. The number of benzene rings is 2. The minimum absolute atomic E-state index is 0.0768. The van der Waals surface area contributed by atoms with Gasteiger partial charge in [0.05, 0.1) is 20.3 Å². The van der Waals surface area contributed by atoms with Gasteiger partial charge in [-0.1, -0.05) is 54.6 Å². The highest BCUT2D eigenvalue weighted by molar-refractivity contribution is 6.02. The van der Waals surface area contributed by atoms with Crippen LogP contribution in [0.5, 0.6) is 0 Å². The fourth-order valence-electron chi connectivity index (χ4n) is 4.04. The van der Waals surface area contributed by atoms with Gasteiger partial charge in [-0.3, -0.25) is 14.4 Å². The van der Waals surface area contributed by atoms with E-state index in [1.807, 2.05) is 54.6 Å². The molecule has 0 N–H and O–H groups in total. The maximum Gasteiger partial charge on any atom is 0.321 e. The highest BCUT2D eigenvalue weighted by atomic mass is 16.6. The third kappa shape index (κ3) is 4.53. The minimum Gasteiger partial charge on any atom is -0.469 e. The predicted molar refractivity (Wildman–Crippen MR) is 115 cm³/mol. The van der Waals surface area contributed by atoms with Crippen LogP contribution in [0.1, 0.15) is 30.5 Å². The highest BCUT2D eigenvalue weighted by Gasteiger charge is 2.46. The predicted octanol–water partition coefficient (Wildman–Crippen LogP) is 3.58. The van der Waals surface area contributed by atoms with E-state index in [0.717, 1.165) is 22.3 Å². The molecule has 162 valence electrons. The number of methoxy groups -OCH3 is 1. The van der Waals surface area contributed by atoms with Gasteiger partial charge in [0.25, 0.3) is 0 Å². The number of carbonyl (C=O) groups excluding carboxylic acids is 3. The lowest BCUT2D eigenvalue weighted by Gasteiger charge is -2.24. The Hall–Kier alpha value is -3.41. The number of rotatable bonds is 8. The second-order valence-electron chi connectivity index (χ2n) is 7.08. The molecule has 0 heterocycles. The largest absolute Gasteiger partial charge is 0.469 e. The molecule has 6 heteroatoms. The molecule has 1 aliphatic rings. The summed E-state index contributed by atoms with van der Waals surface area (Å²) in [5.74, 6) is -4.89. The van der Waals surface area contributed by atoms with Crippen LogP contribution in [0, 0.1) is 11.8 Å². The first kappa shape index (κ1) is 22.3. The molecule has 0 radical (unpaired) electrons. The van der Waals surface area contributed by atoms with E-state index < -0.39 is 29.7 Å². The zero-order valence-corrected chi connectivity index (χ0v) is 17.9. The Morgan fingerprint density at radius 1 is 0.839 bits per heavy atom. The fraction of sp³-hybridized carbons (Fsp3) is 0.320. The lowest BCUT2D eigenvalue weighted by Crippen LogP contribution is -2.40. The van der Waals surface area contributed by atoms with Gasteiger partial charge < -0.3 is 14.2 Å². The Labute approximate surface area is 181 Å². The Morgan fingerprint density at radius 3 is 2.00 bits per heavy atom. The topological polar surface area (TPSA) is 78.9 Å². The van der Waals surface area contributed by atoms with E-state index in [-0.39, 0.29) is 13.2 Å². The van der Waals surface area contributed by atoms with Crippen LogP contribution >= 0.6 is 0 Å². The summed E-state index contributed by atoms with van der Waals surface area (Å²) in [6.45, 7) is 3.45. The summed E-state index contributed by atoms with van der Waals surface area (Å²) in [6, 6.07) is 17.4. The van der Waals surface area contributed by atoms with Gasteiger partial charge in [0.1, 0.15) is 5.92 Å². The molecule has 1 unspecified atom stereocenters. The first-order valence-corrected chi connectivity index (χ1v) is 10.3. The summed E-state index contributed by atoms with van der Waals surface area (Å²) < 4.78 is 15.4. The van der Waals surface area contributed by atoms with Crippen molar-refractivity contribution in [1.29, 1.82) is 0 Å². The molecule has 1 aliphatic carbocycles. The molecular weight excluding hydrogens is 396 g/mol. The van der Waals surface area contributed by atoms with E-state index in [4.69, 9.17) is 14.2 Å². The van der Waals surface area contributed by atoms with Crippen molar-refractivity contribution < 1.29 is 28.6 Å². The number of fused-ring (bicyclic) bond motifs is 1. The van der Waals surface area contributed by atoms with E-state index in [9.17, 15) is 14.4 Å². The highest BCUT2D eigenvalue weighted by Crippen LogP contribution is 2.43. The number of carbonyl (C=O) groups is 3. The van der Waals surface area contributed by atoms with Crippen molar-refractivity contribution in [3.05, 3.63) is 76.9 Å². The van der Waals surface area contributed by atoms with E-state index in [1.54, 1.807) is 13.8 Å². The van der Waals surface area contributed by atoms with Crippen LogP contribution in [-0.4, -0.2) is 38.2 Å². The van der Waals surface area contributed by atoms with Crippen molar-refractivity contribution in [3.8, 4) is 0 Å². The van der Waals surface area contributed by atoms with Gasteiger partial charge in [0.15, 0.2) is 5.92 Å². The van der Waals surface area contributed by atoms with Crippen molar-refractivity contribution in [2.45, 2.75) is 20.3 Å². The molecule has 0 bridgehead atoms. The van der Waals surface area contributed by atoms with Gasteiger partial charge in [-0.15, -0.1) is 0 Å². The Kier molecular flexibility index (Phi) is 7.23. The average molecular weight is 422 g/mol. The van der Waals surface area contributed by atoms with Crippen LogP contribution in [-0.2, 0) is 35.0 Å². The van der Waals surface area contributed by atoms with Gasteiger partial charge in [0, 0.05) is 0 Å². The molecule has 0 saturated carbocycles. The molecule has 31 heavy (non-hydrogen) atoms. The van der Waals surface area contributed by atoms with Gasteiger partial charge in [-0.2, -0.15) is 0 Å². The molecule has 2 aromatic rings. The van der Waals surface area contributed by atoms with Gasteiger partial charge in [-0.25, -0.2) is 0 Å². The Balaban J connectivity index is 2.23. The summed E-state index contributed by atoms with van der Waals surface area (Å²) in [5, 5.41) is 0. The summed E-state index contributed by atoms with van der Waals surface area (Å²) in [6.07, 6.45) is 0.412. The minimum atomic E-state index is -1.45. The van der Waals surface area contributed by atoms with Crippen LogP contribution < -0.4 is 0 Å². The summed E-state index contributed by atoms with van der Waals surface area (Å²) in [7, 11) is 1.24. The van der Waals surface area contributed by atoms with Crippen LogP contribution in [0.15, 0.2) is 60.2 Å². The van der Waals surface area contributed by atoms with Crippen molar-refractivity contribution in [2.24, 2.45) is 11.8 Å². The normalized spacial score (nSPS) is 13.5. The Bertz CT molecular complexity index is 974. The maximum atomic E-state index is 13.0. The van der Waals surface area contributed by atoms with Crippen LogP contribution in [0.3, 0.4) is 0 Å². The Morgan fingerprint density at radius 2 is 1.42 bits per heavy atom. The molecule has 6 nitrogen and oxygen atoms in total. The smallest absolute Gasteiger partial charge is 0.321 e. The van der Waals surface area contributed by atoms with E-state index in [1.165, 1.54) is 7.11 Å². The van der Waals surface area contributed by atoms with Crippen LogP contribution in [0.4, 0.5) is 0 Å². The van der Waals surface area contributed by atoms with E-state index in [0.29, 0.717) is 12.0 Å². The average Bonchev–Trinajstić information content (AvgIpc) is 3.16. The number of ether oxygens (including phenoxy) is 3. The quantitative estimate of drug-likeness (QED) is 0.368. The number of hydrogen-bond acceptors (Lipinski definition) is 6. The van der Waals surface area contributed by atoms with Crippen molar-refractivity contribution in [3.63, 3.8) is 0 Å². The monoisotopic (exact) mass is 422 g/mol. The van der Waals surface area contributed by atoms with Crippen LogP contribution in [0.25, 0.3) is 5.57 Å². The third-order valence-electron chi connectivity index (χ3n) is 5.30. The summed E-state index contributed by atoms with van der Waals surface area (Å²) >= 11 is 0. The summed E-state index contributed by atoms with van der Waals surface area (Å²) in [5.41, 5.74) is 4.33. The first-order valence-electron chi connectivity index (χ1n) is 10.3. The molecule has 0 amide bonds. The molecule has 0 saturated heterocycles. The second kappa shape index (κ2) is 10.1. The molecule has 3 rings (SSSR count). The molecule has 2 aromatic carbocycles. The molecular formula is C25H26O6. The molecule has 0 aromatic heterocycles. The van der Waals surface area contributed by atoms with Crippen molar-refractivity contribution in [1.82, 2.24) is 0 Å². The standard InChI is InChI=1S/C25H26O6/c1-4-30-24(27)22(25(28)31-5-2)21(23(26)29-3)19-15-17-13-9-10-14-18(17)20(19)16-11-7-6-8-12-16/h6-14,21-22H,4-5,15H2,1-3H3. The third-order valence-corrected chi connectivity index (χ3v) is 5.30. The van der Waals surface area contributed by atoms with Gasteiger partial charge >= 0.3 is 17.9 Å². The molecule has 1 atom stereocenters. The van der Waals surface area contributed by atoms with Crippen LogP contribution in [0.2, 0.25) is 0 Å². The lowest BCUT2D eigenvalue weighted by molar-refractivity contribution is -0.169. The SMILES string of the molecule is CCOC(=O)C(C(=O)OCC)C(C(=O)OC)C1=C(c2ccccc2)c2ccccc2C1. The fourth-order valence-corrected chi connectivity index (χ4v) is 4.04. The van der Waals surface area contributed by atoms with Gasteiger partial charge in [-0.05, 0) is 48.1 Å². The van der Waals surface area contributed by atoms with Gasteiger partial charge in [0.2, 0.25) is 0 Å². The number of esters is 3. The second-order valence-corrected chi connectivity index (χ2v) is 7.08. The molecule has 0 spiro atoms. The zero-order chi connectivity index (χ0) is 22.4. The molecule has 0 fully saturated rings. The van der Waals surface area contributed by atoms with Crippen molar-refractivity contribution in [2.75, 3.05) is 20.3 Å². The van der Waals surface area contributed by atoms with Crippen molar-refractivity contribution >= 4 is 23.5 Å². The first-order chi connectivity index (χ1) is 15.0. The van der Waals surface area contributed by atoms with E-state index >= 15 is 0 Å². The summed E-state index contributed by atoms with van der Waals surface area (Å²) in [4.78, 5) is 38.7. The molecule has 0 aliphatic heterocycles. The lowest BCUT2D eigenvalue weighted by atomic mass is 9.81. The maximum absolute atomic E-state index is 13.0. The zero-order valence-electron chi connectivity index (χ0n) is 17.9. The van der Waals surface area contributed by atoms with E-state index in [2.05, 4.69) is 0 Å².